The van der Waals surface area contributed by atoms with Gasteiger partial charge in [-0.05, 0) is 30.2 Å². The highest BCUT2D eigenvalue weighted by atomic mass is 127. The highest BCUT2D eigenvalue weighted by Gasteiger charge is 2.11. The first-order valence-electron chi connectivity index (χ1n) is 8.68. The average molecular weight is 499 g/mol. The van der Waals surface area contributed by atoms with Gasteiger partial charge >= 0.3 is 0 Å². The lowest BCUT2D eigenvalue weighted by atomic mass is 10.1. The first-order valence-corrected chi connectivity index (χ1v) is 8.68. The lowest BCUT2D eigenvalue weighted by Gasteiger charge is -2.13. The zero-order chi connectivity index (χ0) is 19.5. The van der Waals surface area contributed by atoms with Gasteiger partial charge in [-0.15, -0.1) is 24.0 Å². The van der Waals surface area contributed by atoms with E-state index in [-0.39, 0.29) is 29.7 Å². The van der Waals surface area contributed by atoms with Crippen LogP contribution in [0.1, 0.15) is 5.56 Å². The molecule has 0 amide bonds. The maximum atomic E-state index is 11.0. The molecule has 0 bridgehead atoms. The molecule has 0 saturated heterocycles. The van der Waals surface area contributed by atoms with Gasteiger partial charge in [0, 0.05) is 32.7 Å². The zero-order valence-corrected chi connectivity index (χ0v) is 18.3. The van der Waals surface area contributed by atoms with E-state index in [9.17, 15) is 10.1 Å². The van der Waals surface area contributed by atoms with E-state index in [1.54, 1.807) is 32.4 Å². The molecular formula is C19H26IN5O3. The third-order valence-electron chi connectivity index (χ3n) is 3.92. The van der Waals surface area contributed by atoms with E-state index in [0.717, 1.165) is 18.7 Å². The number of anilines is 1. The van der Waals surface area contributed by atoms with Gasteiger partial charge in [0.05, 0.1) is 12.0 Å². The number of benzene rings is 2. The van der Waals surface area contributed by atoms with Crippen molar-refractivity contribution < 1.29 is 9.66 Å². The zero-order valence-electron chi connectivity index (χ0n) is 16.0. The predicted octanol–water partition coefficient (Wildman–Crippen LogP) is 3.04. The van der Waals surface area contributed by atoms with Crippen molar-refractivity contribution in [2.45, 2.75) is 6.42 Å². The SMILES string of the molecule is CN=C(NCCNc1ccccc1[N+](=O)[O-])NCCc1ccc(OC)cc1.I. The summed E-state index contributed by atoms with van der Waals surface area (Å²) in [5, 5.41) is 20.5. The summed E-state index contributed by atoms with van der Waals surface area (Å²) in [7, 11) is 3.36. The number of nitro benzene ring substituents is 1. The Morgan fingerprint density at radius 3 is 2.39 bits per heavy atom. The van der Waals surface area contributed by atoms with Gasteiger partial charge < -0.3 is 20.7 Å². The summed E-state index contributed by atoms with van der Waals surface area (Å²) in [5.74, 6) is 1.53. The fourth-order valence-electron chi connectivity index (χ4n) is 2.50. The van der Waals surface area contributed by atoms with Crippen LogP contribution in [0, 0.1) is 10.1 Å². The average Bonchev–Trinajstić information content (AvgIpc) is 2.70. The second-order valence-electron chi connectivity index (χ2n) is 5.72. The van der Waals surface area contributed by atoms with Crippen molar-refractivity contribution >= 4 is 41.3 Å². The summed E-state index contributed by atoms with van der Waals surface area (Å²) in [4.78, 5) is 14.8. The molecule has 0 fully saturated rings. The Balaban J connectivity index is 0.00000392. The van der Waals surface area contributed by atoms with Crippen molar-refractivity contribution in [3.63, 3.8) is 0 Å². The van der Waals surface area contributed by atoms with Crippen LogP contribution in [0.25, 0.3) is 0 Å². The number of guanidine groups is 1. The van der Waals surface area contributed by atoms with Gasteiger partial charge in [0.25, 0.3) is 5.69 Å². The molecule has 28 heavy (non-hydrogen) atoms. The predicted molar refractivity (Wildman–Crippen MR) is 123 cm³/mol. The second kappa shape index (κ2) is 12.8. The second-order valence-corrected chi connectivity index (χ2v) is 5.72. The maximum Gasteiger partial charge on any atom is 0.292 e. The van der Waals surface area contributed by atoms with Crippen LogP contribution in [-0.4, -0.2) is 44.7 Å². The Kier molecular flexibility index (Phi) is 10.7. The highest BCUT2D eigenvalue weighted by Crippen LogP contribution is 2.22. The molecule has 0 aliphatic carbocycles. The Morgan fingerprint density at radius 2 is 1.75 bits per heavy atom. The molecule has 0 unspecified atom stereocenters. The quantitative estimate of drug-likeness (QED) is 0.123. The van der Waals surface area contributed by atoms with Crippen molar-refractivity contribution in [2.24, 2.45) is 4.99 Å². The minimum atomic E-state index is -0.393. The van der Waals surface area contributed by atoms with Crippen LogP contribution in [-0.2, 0) is 6.42 Å². The number of nitrogens with one attached hydrogen (secondary N) is 3. The number of halogens is 1. The number of nitro groups is 1. The summed E-state index contributed by atoms with van der Waals surface area (Å²) in [5.41, 5.74) is 1.78. The molecule has 0 atom stereocenters. The third kappa shape index (κ3) is 7.59. The normalized spacial score (nSPS) is 10.6. The fourth-order valence-corrected chi connectivity index (χ4v) is 2.50. The van der Waals surface area contributed by atoms with E-state index >= 15 is 0 Å². The number of nitrogens with zero attached hydrogens (tertiary/aromatic N) is 2. The van der Waals surface area contributed by atoms with Crippen molar-refractivity contribution in [3.8, 4) is 5.75 Å². The van der Waals surface area contributed by atoms with Gasteiger partial charge in [0.15, 0.2) is 5.96 Å². The summed E-state index contributed by atoms with van der Waals surface area (Å²) in [6.07, 6.45) is 0.860. The molecule has 0 aliphatic rings. The minimum Gasteiger partial charge on any atom is -0.497 e. The number of hydrogen-bond donors (Lipinski definition) is 3. The monoisotopic (exact) mass is 499 g/mol. The molecule has 0 radical (unpaired) electrons. The smallest absolute Gasteiger partial charge is 0.292 e. The van der Waals surface area contributed by atoms with Crippen molar-refractivity contribution in [1.82, 2.24) is 10.6 Å². The van der Waals surface area contributed by atoms with Gasteiger partial charge in [0.2, 0.25) is 0 Å². The fraction of sp³-hybridized carbons (Fsp3) is 0.316. The van der Waals surface area contributed by atoms with E-state index in [1.807, 2.05) is 24.3 Å². The number of rotatable bonds is 9. The Morgan fingerprint density at radius 1 is 1.07 bits per heavy atom. The largest absolute Gasteiger partial charge is 0.497 e. The van der Waals surface area contributed by atoms with Gasteiger partial charge in [0.1, 0.15) is 11.4 Å². The molecule has 2 aromatic carbocycles. The van der Waals surface area contributed by atoms with E-state index in [2.05, 4.69) is 20.9 Å². The molecular weight excluding hydrogens is 473 g/mol. The van der Waals surface area contributed by atoms with Gasteiger partial charge in [-0.3, -0.25) is 15.1 Å². The molecule has 2 rings (SSSR count). The van der Waals surface area contributed by atoms with Crippen LogP contribution in [0.5, 0.6) is 5.75 Å². The van der Waals surface area contributed by atoms with E-state index in [4.69, 9.17) is 4.74 Å². The van der Waals surface area contributed by atoms with E-state index in [1.165, 1.54) is 11.6 Å². The number of para-hydroxylation sites is 2. The number of aliphatic imine (C=N–C) groups is 1. The van der Waals surface area contributed by atoms with Crippen LogP contribution in [0.2, 0.25) is 0 Å². The standard InChI is InChI=1S/C19H25N5O3.HI/c1-20-19(22-12-11-15-7-9-16(27-2)10-8-15)23-14-13-21-17-5-3-4-6-18(17)24(25)26;/h3-10,21H,11-14H2,1-2H3,(H2,20,22,23);1H. The van der Waals surface area contributed by atoms with E-state index < -0.39 is 4.92 Å². The Labute approximate surface area is 181 Å². The van der Waals surface area contributed by atoms with Crippen LogP contribution >= 0.6 is 24.0 Å². The molecule has 9 heteroatoms. The molecule has 152 valence electrons. The summed E-state index contributed by atoms with van der Waals surface area (Å²) < 4.78 is 5.15. The van der Waals surface area contributed by atoms with Crippen LogP contribution in [0.3, 0.4) is 0 Å². The molecule has 3 N–H and O–H groups in total. The number of ether oxygens (including phenoxy) is 1. The molecule has 0 aliphatic heterocycles. The van der Waals surface area contributed by atoms with Crippen LogP contribution in [0.4, 0.5) is 11.4 Å². The molecule has 0 heterocycles. The molecule has 0 aromatic heterocycles. The summed E-state index contributed by atoms with van der Waals surface area (Å²) in [6.45, 7) is 1.85. The summed E-state index contributed by atoms with van der Waals surface area (Å²) >= 11 is 0. The number of methoxy groups -OCH3 is 1. The van der Waals surface area contributed by atoms with Gasteiger partial charge in [-0.25, -0.2) is 0 Å². The number of hydrogen-bond acceptors (Lipinski definition) is 5. The van der Waals surface area contributed by atoms with E-state index in [0.29, 0.717) is 24.7 Å². The topological polar surface area (TPSA) is 101 Å². The molecule has 0 saturated carbocycles. The first-order chi connectivity index (χ1) is 13.1. The van der Waals surface area contributed by atoms with Crippen molar-refractivity contribution in [1.29, 1.82) is 0 Å². The van der Waals surface area contributed by atoms with Gasteiger partial charge in [-0.1, -0.05) is 24.3 Å². The van der Waals surface area contributed by atoms with Crippen molar-refractivity contribution in [3.05, 3.63) is 64.2 Å². The maximum absolute atomic E-state index is 11.0. The van der Waals surface area contributed by atoms with Gasteiger partial charge in [-0.2, -0.15) is 0 Å². The molecule has 0 spiro atoms. The highest BCUT2D eigenvalue weighted by molar-refractivity contribution is 14.0. The molecule has 8 nitrogen and oxygen atoms in total. The minimum absolute atomic E-state index is 0. The lowest BCUT2D eigenvalue weighted by Crippen LogP contribution is -2.40. The lowest BCUT2D eigenvalue weighted by molar-refractivity contribution is -0.384. The summed E-state index contributed by atoms with van der Waals surface area (Å²) in [6, 6.07) is 14.5. The first kappa shape index (κ1) is 23.5. The van der Waals surface area contributed by atoms with Crippen molar-refractivity contribution in [2.75, 3.05) is 39.1 Å². The Hall–Kier alpha value is -2.56. The van der Waals surface area contributed by atoms with Crippen LogP contribution < -0.4 is 20.7 Å². The third-order valence-corrected chi connectivity index (χ3v) is 3.92. The van der Waals surface area contributed by atoms with Crippen LogP contribution in [0.15, 0.2) is 53.5 Å². The Bertz CT molecular complexity index is 768. The molecule has 2 aromatic rings.